The van der Waals surface area contributed by atoms with Crippen LogP contribution in [0.15, 0.2) is 60.8 Å². The SMILES string of the molecule is O=C(CCCn1cc(COc2ccccc2)nn1)Nc1ccc(F)cc1. The average molecular weight is 354 g/mol. The number of ether oxygens (including phenoxy) is 1. The van der Waals surface area contributed by atoms with Crippen molar-refractivity contribution in [1.82, 2.24) is 15.0 Å². The molecule has 0 aliphatic rings. The number of para-hydroxylation sites is 1. The van der Waals surface area contributed by atoms with Gasteiger partial charge in [-0.05, 0) is 42.8 Å². The molecule has 0 unspecified atom stereocenters. The fourth-order valence-electron chi connectivity index (χ4n) is 2.35. The van der Waals surface area contributed by atoms with Gasteiger partial charge >= 0.3 is 0 Å². The highest BCUT2D eigenvalue weighted by atomic mass is 19.1. The van der Waals surface area contributed by atoms with E-state index in [0.29, 0.717) is 31.7 Å². The molecule has 0 atom stereocenters. The van der Waals surface area contributed by atoms with Crippen molar-refractivity contribution in [1.29, 1.82) is 0 Å². The molecule has 134 valence electrons. The van der Waals surface area contributed by atoms with Gasteiger partial charge < -0.3 is 10.1 Å². The number of hydrogen-bond acceptors (Lipinski definition) is 4. The van der Waals surface area contributed by atoms with Crippen LogP contribution in [0, 0.1) is 5.82 Å². The summed E-state index contributed by atoms with van der Waals surface area (Å²) in [6.07, 6.45) is 2.77. The summed E-state index contributed by atoms with van der Waals surface area (Å²) in [5.41, 5.74) is 1.31. The first-order valence-corrected chi connectivity index (χ1v) is 8.31. The van der Waals surface area contributed by atoms with Gasteiger partial charge in [0.2, 0.25) is 5.91 Å². The molecular formula is C19H19FN4O2. The van der Waals surface area contributed by atoms with Crippen molar-refractivity contribution in [3.05, 3.63) is 72.3 Å². The highest BCUT2D eigenvalue weighted by Crippen LogP contribution is 2.11. The van der Waals surface area contributed by atoms with Gasteiger partial charge in [0.1, 0.15) is 23.9 Å². The lowest BCUT2D eigenvalue weighted by Crippen LogP contribution is -2.12. The first-order chi connectivity index (χ1) is 12.7. The zero-order chi connectivity index (χ0) is 18.2. The van der Waals surface area contributed by atoms with E-state index in [9.17, 15) is 9.18 Å². The van der Waals surface area contributed by atoms with Crippen LogP contribution in [0.4, 0.5) is 10.1 Å². The van der Waals surface area contributed by atoms with Gasteiger partial charge in [0, 0.05) is 18.7 Å². The number of benzene rings is 2. The van der Waals surface area contributed by atoms with Crippen LogP contribution in [-0.2, 0) is 17.9 Å². The monoisotopic (exact) mass is 354 g/mol. The number of carbonyl (C=O) groups excluding carboxylic acids is 1. The van der Waals surface area contributed by atoms with Gasteiger partial charge in [0.25, 0.3) is 0 Å². The van der Waals surface area contributed by atoms with Crippen molar-refractivity contribution in [3.63, 3.8) is 0 Å². The molecule has 3 rings (SSSR count). The van der Waals surface area contributed by atoms with E-state index in [-0.39, 0.29) is 11.7 Å². The second-order valence-corrected chi connectivity index (χ2v) is 5.73. The molecule has 0 fully saturated rings. The normalized spacial score (nSPS) is 10.5. The molecule has 0 bridgehead atoms. The van der Waals surface area contributed by atoms with Crippen molar-refractivity contribution < 1.29 is 13.9 Å². The molecule has 26 heavy (non-hydrogen) atoms. The first kappa shape index (κ1) is 17.6. The summed E-state index contributed by atoms with van der Waals surface area (Å²) < 4.78 is 20.1. The summed E-state index contributed by atoms with van der Waals surface area (Å²) in [5, 5.41) is 10.8. The third-order valence-corrected chi connectivity index (χ3v) is 3.64. The van der Waals surface area contributed by atoms with E-state index in [1.165, 1.54) is 24.3 Å². The Morgan fingerprint density at radius 2 is 1.88 bits per heavy atom. The van der Waals surface area contributed by atoms with Gasteiger partial charge in [0.15, 0.2) is 0 Å². The van der Waals surface area contributed by atoms with Crippen molar-refractivity contribution in [2.75, 3.05) is 5.32 Å². The van der Waals surface area contributed by atoms with Crippen LogP contribution < -0.4 is 10.1 Å². The summed E-state index contributed by atoms with van der Waals surface area (Å²) in [7, 11) is 0. The molecule has 0 radical (unpaired) electrons. The Morgan fingerprint density at radius 1 is 1.12 bits per heavy atom. The lowest BCUT2D eigenvalue weighted by atomic mass is 10.2. The number of aromatic nitrogens is 3. The summed E-state index contributed by atoms with van der Waals surface area (Å²) in [6, 6.07) is 15.2. The number of hydrogen-bond donors (Lipinski definition) is 1. The van der Waals surface area contributed by atoms with Gasteiger partial charge in [-0.25, -0.2) is 4.39 Å². The van der Waals surface area contributed by atoms with E-state index in [0.717, 1.165) is 11.4 Å². The Hall–Kier alpha value is -3.22. The number of aryl methyl sites for hydroxylation is 1. The Bertz CT molecular complexity index is 834. The Balaban J connectivity index is 1.39. The quantitative estimate of drug-likeness (QED) is 0.673. The number of nitrogens with zero attached hydrogens (tertiary/aromatic N) is 3. The van der Waals surface area contributed by atoms with Gasteiger partial charge in [0.05, 0.1) is 6.20 Å². The van der Waals surface area contributed by atoms with Crippen molar-refractivity contribution in [2.24, 2.45) is 0 Å². The third-order valence-electron chi connectivity index (χ3n) is 3.64. The van der Waals surface area contributed by atoms with Crippen LogP contribution in [0.5, 0.6) is 5.75 Å². The van der Waals surface area contributed by atoms with Crippen LogP contribution in [0.3, 0.4) is 0 Å². The number of halogens is 1. The minimum atomic E-state index is -0.332. The molecule has 0 aliphatic heterocycles. The smallest absolute Gasteiger partial charge is 0.224 e. The molecule has 0 saturated carbocycles. The van der Waals surface area contributed by atoms with Crippen LogP contribution in [0.2, 0.25) is 0 Å². The third kappa shape index (κ3) is 5.41. The maximum atomic E-state index is 12.8. The largest absolute Gasteiger partial charge is 0.487 e. The zero-order valence-electron chi connectivity index (χ0n) is 14.1. The van der Waals surface area contributed by atoms with Crippen LogP contribution in [0.1, 0.15) is 18.5 Å². The minimum absolute atomic E-state index is 0.121. The standard InChI is InChI=1S/C19H19FN4O2/c20-15-8-10-16(11-9-15)21-19(25)7-4-12-24-13-17(22-23-24)14-26-18-5-2-1-3-6-18/h1-3,5-6,8-11,13H,4,7,12,14H2,(H,21,25). The summed E-state index contributed by atoms with van der Waals surface area (Å²) in [5.74, 6) is 0.324. The number of nitrogens with one attached hydrogen (secondary N) is 1. The molecule has 1 heterocycles. The molecule has 0 saturated heterocycles. The molecule has 6 nitrogen and oxygen atoms in total. The van der Waals surface area contributed by atoms with E-state index in [4.69, 9.17) is 4.74 Å². The van der Waals surface area contributed by atoms with Crippen LogP contribution in [0.25, 0.3) is 0 Å². The van der Waals surface area contributed by atoms with Crippen molar-refractivity contribution >= 4 is 11.6 Å². The predicted octanol–water partition coefficient (Wildman–Crippen LogP) is 3.42. The maximum absolute atomic E-state index is 12.8. The molecular weight excluding hydrogens is 335 g/mol. The Morgan fingerprint density at radius 3 is 2.65 bits per heavy atom. The van der Waals surface area contributed by atoms with E-state index in [1.807, 2.05) is 30.3 Å². The van der Waals surface area contributed by atoms with Gasteiger partial charge in [-0.15, -0.1) is 5.10 Å². The summed E-state index contributed by atoms with van der Waals surface area (Å²) in [6.45, 7) is 0.921. The highest BCUT2D eigenvalue weighted by Gasteiger charge is 2.05. The van der Waals surface area contributed by atoms with Crippen LogP contribution >= 0.6 is 0 Å². The Kier molecular flexibility index (Phi) is 5.92. The summed E-state index contributed by atoms with van der Waals surface area (Å²) in [4.78, 5) is 11.9. The fraction of sp³-hybridized carbons (Fsp3) is 0.211. The van der Waals surface area contributed by atoms with E-state index in [2.05, 4.69) is 15.6 Å². The van der Waals surface area contributed by atoms with Gasteiger partial charge in [-0.1, -0.05) is 23.4 Å². The molecule has 7 heteroatoms. The number of amides is 1. The topological polar surface area (TPSA) is 69.0 Å². The van der Waals surface area contributed by atoms with Gasteiger partial charge in [-0.2, -0.15) is 0 Å². The van der Waals surface area contributed by atoms with E-state index < -0.39 is 0 Å². The molecule has 0 spiro atoms. The highest BCUT2D eigenvalue weighted by molar-refractivity contribution is 5.90. The molecule has 0 aliphatic carbocycles. The molecule has 1 amide bonds. The fourth-order valence-corrected chi connectivity index (χ4v) is 2.35. The zero-order valence-corrected chi connectivity index (χ0v) is 14.1. The maximum Gasteiger partial charge on any atom is 0.224 e. The van der Waals surface area contributed by atoms with E-state index >= 15 is 0 Å². The minimum Gasteiger partial charge on any atom is -0.487 e. The number of rotatable bonds is 8. The second-order valence-electron chi connectivity index (χ2n) is 5.73. The molecule has 1 aromatic heterocycles. The van der Waals surface area contributed by atoms with Crippen molar-refractivity contribution in [3.8, 4) is 5.75 Å². The average Bonchev–Trinajstić information content (AvgIpc) is 3.11. The summed E-state index contributed by atoms with van der Waals surface area (Å²) >= 11 is 0. The van der Waals surface area contributed by atoms with Gasteiger partial charge in [-0.3, -0.25) is 9.48 Å². The molecule has 2 aromatic carbocycles. The lowest BCUT2D eigenvalue weighted by Gasteiger charge is -2.05. The molecule has 1 N–H and O–H groups in total. The van der Waals surface area contributed by atoms with Crippen molar-refractivity contribution in [2.45, 2.75) is 26.0 Å². The molecule has 3 aromatic rings. The van der Waals surface area contributed by atoms with E-state index in [1.54, 1.807) is 10.9 Å². The second kappa shape index (κ2) is 8.75. The number of anilines is 1. The predicted molar refractivity (Wildman–Crippen MR) is 95.1 cm³/mol. The van der Waals surface area contributed by atoms with Crippen LogP contribution in [-0.4, -0.2) is 20.9 Å². The number of carbonyl (C=O) groups is 1. The lowest BCUT2D eigenvalue weighted by molar-refractivity contribution is -0.116. The Labute approximate surface area is 150 Å². The first-order valence-electron chi connectivity index (χ1n) is 8.31.